The molecule has 1 fully saturated rings. The number of hydrogen-bond donors (Lipinski definition) is 3. The van der Waals surface area contributed by atoms with E-state index in [0.29, 0.717) is 6.07 Å². The Morgan fingerprint density at radius 1 is 1.32 bits per heavy atom. The molecule has 0 unspecified atom stereocenters. The fourth-order valence-corrected chi connectivity index (χ4v) is 2.20. The molecule has 136 valence electrons. The molecule has 3 amide bonds. The molecule has 0 spiro atoms. The van der Waals surface area contributed by atoms with Crippen LogP contribution < -0.4 is 21.7 Å². The minimum absolute atomic E-state index is 0.0276. The van der Waals surface area contributed by atoms with Gasteiger partial charge in [-0.2, -0.15) is 13.2 Å². The van der Waals surface area contributed by atoms with E-state index < -0.39 is 35.5 Å². The van der Waals surface area contributed by atoms with E-state index in [0.717, 1.165) is 11.0 Å². The lowest BCUT2D eigenvalue weighted by molar-refractivity contribution is -0.137. The minimum atomic E-state index is -4.78. The summed E-state index contributed by atoms with van der Waals surface area (Å²) in [6.07, 6.45) is -4.78. The maximum atomic E-state index is 13.4. The maximum absolute atomic E-state index is 13.4. The van der Waals surface area contributed by atoms with E-state index in [2.05, 4.69) is 5.32 Å². The van der Waals surface area contributed by atoms with Gasteiger partial charge in [0.25, 0.3) is 11.8 Å². The molecule has 11 heteroatoms. The fraction of sp³-hybridized carbons (Fsp3) is 0.357. The van der Waals surface area contributed by atoms with Gasteiger partial charge >= 0.3 is 6.18 Å². The minimum Gasteiger partial charge on any atom is -0.370 e. The number of rotatable bonds is 4. The van der Waals surface area contributed by atoms with Gasteiger partial charge in [-0.05, 0) is 18.2 Å². The number of hydrogen-bond acceptors (Lipinski definition) is 5. The first-order chi connectivity index (χ1) is 11.6. The molecule has 25 heavy (non-hydrogen) atoms. The highest BCUT2D eigenvalue weighted by atomic mass is 19.4. The lowest BCUT2D eigenvalue weighted by atomic mass is 10.1. The van der Waals surface area contributed by atoms with E-state index in [-0.39, 0.29) is 31.1 Å². The third kappa shape index (κ3) is 4.25. The summed E-state index contributed by atoms with van der Waals surface area (Å²) in [7, 11) is 0. The highest BCUT2D eigenvalue weighted by Gasteiger charge is 2.37. The Morgan fingerprint density at radius 2 is 2.00 bits per heavy atom. The normalized spacial score (nSPS) is 16.5. The number of benzene rings is 1. The molecule has 1 aliphatic rings. The first kappa shape index (κ1) is 18.7. The van der Waals surface area contributed by atoms with E-state index in [1.165, 1.54) is 6.07 Å². The Bertz CT molecular complexity index is 708. The molecular formula is C14H15F3N4O4. The molecule has 1 heterocycles. The molecule has 0 radical (unpaired) electrons. The summed E-state index contributed by atoms with van der Waals surface area (Å²) < 4.78 is 45.0. The van der Waals surface area contributed by atoms with Crippen LogP contribution in [0.15, 0.2) is 18.2 Å². The molecule has 5 N–H and O–H groups in total. The molecule has 1 aromatic carbocycles. The third-order valence-corrected chi connectivity index (χ3v) is 3.44. The summed E-state index contributed by atoms with van der Waals surface area (Å²) in [5.41, 5.74) is 8.38. The SMILES string of the molecule is NC(=O)[C@@H](N)C(=O)Nc1ccc(N2CCOCC2=O)c(C(F)(F)F)c1. The van der Waals surface area contributed by atoms with Crippen LogP contribution in [0.1, 0.15) is 5.56 Å². The number of morpholine rings is 1. The van der Waals surface area contributed by atoms with Crippen molar-refractivity contribution in [2.75, 3.05) is 30.0 Å². The van der Waals surface area contributed by atoms with Gasteiger partial charge in [-0.25, -0.2) is 0 Å². The van der Waals surface area contributed by atoms with Crippen LogP contribution in [-0.4, -0.2) is 43.5 Å². The van der Waals surface area contributed by atoms with E-state index in [1.807, 2.05) is 0 Å². The van der Waals surface area contributed by atoms with Crippen LogP contribution in [0.2, 0.25) is 0 Å². The Morgan fingerprint density at radius 3 is 2.56 bits per heavy atom. The van der Waals surface area contributed by atoms with Crippen molar-refractivity contribution in [3.05, 3.63) is 23.8 Å². The zero-order chi connectivity index (χ0) is 18.8. The quantitative estimate of drug-likeness (QED) is 0.642. The van der Waals surface area contributed by atoms with Crippen LogP contribution in [0.3, 0.4) is 0 Å². The van der Waals surface area contributed by atoms with Gasteiger partial charge in [0.2, 0.25) is 5.91 Å². The Balaban J connectivity index is 2.36. The summed E-state index contributed by atoms with van der Waals surface area (Å²) in [5.74, 6) is -2.77. The summed E-state index contributed by atoms with van der Waals surface area (Å²) in [6, 6.07) is 1.18. The standard InChI is InChI=1S/C14H15F3N4O4/c15-14(16,17)8-5-7(20-13(24)11(18)12(19)23)1-2-9(8)21-3-4-25-6-10(21)22/h1-2,5,11H,3-4,6,18H2,(H2,19,23)(H,20,24)/t11-/m1/s1. The maximum Gasteiger partial charge on any atom is 0.418 e. The zero-order valence-electron chi connectivity index (χ0n) is 12.8. The third-order valence-electron chi connectivity index (χ3n) is 3.44. The molecule has 1 atom stereocenters. The van der Waals surface area contributed by atoms with Crippen molar-refractivity contribution in [1.82, 2.24) is 0 Å². The van der Waals surface area contributed by atoms with Crippen molar-refractivity contribution in [1.29, 1.82) is 0 Å². The van der Waals surface area contributed by atoms with Gasteiger partial charge in [-0.1, -0.05) is 0 Å². The first-order valence-electron chi connectivity index (χ1n) is 7.06. The van der Waals surface area contributed by atoms with Crippen LogP contribution >= 0.6 is 0 Å². The highest BCUT2D eigenvalue weighted by Crippen LogP contribution is 2.38. The van der Waals surface area contributed by atoms with Gasteiger partial charge in [0.15, 0.2) is 6.04 Å². The molecule has 1 saturated heterocycles. The summed E-state index contributed by atoms with van der Waals surface area (Å²) >= 11 is 0. The molecule has 1 aliphatic heterocycles. The molecular weight excluding hydrogens is 345 g/mol. The number of carbonyl (C=O) groups is 3. The van der Waals surface area contributed by atoms with Gasteiger partial charge in [0, 0.05) is 12.2 Å². The van der Waals surface area contributed by atoms with Crippen LogP contribution in [0.5, 0.6) is 0 Å². The zero-order valence-corrected chi connectivity index (χ0v) is 12.8. The number of ether oxygens (including phenoxy) is 1. The molecule has 1 aromatic rings. The predicted octanol–water partition coefficient (Wildman–Crippen LogP) is -0.180. The fourth-order valence-electron chi connectivity index (χ4n) is 2.20. The van der Waals surface area contributed by atoms with E-state index in [1.54, 1.807) is 0 Å². The number of nitrogens with two attached hydrogens (primary N) is 2. The topological polar surface area (TPSA) is 128 Å². The smallest absolute Gasteiger partial charge is 0.370 e. The molecule has 8 nitrogen and oxygen atoms in total. The van der Waals surface area contributed by atoms with E-state index >= 15 is 0 Å². The number of primary amides is 1. The number of nitrogens with one attached hydrogen (secondary N) is 1. The Kier molecular flexibility index (Phi) is 5.28. The van der Waals surface area contributed by atoms with Crippen LogP contribution in [0, 0.1) is 0 Å². The molecule has 0 aliphatic carbocycles. The molecule has 0 bridgehead atoms. The monoisotopic (exact) mass is 360 g/mol. The first-order valence-corrected chi connectivity index (χ1v) is 7.06. The van der Waals surface area contributed by atoms with Crippen molar-refractivity contribution >= 4 is 29.1 Å². The van der Waals surface area contributed by atoms with Crippen LogP contribution in [0.25, 0.3) is 0 Å². The highest BCUT2D eigenvalue weighted by molar-refractivity contribution is 6.09. The van der Waals surface area contributed by atoms with Crippen LogP contribution in [-0.2, 0) is 25.3 Å². The van der Waals surface area contributed by atoms with Gasteiger partial charge in [0.1, 0.15) is 6.61 Å². The summed E-state index contributed by atoms with van der Waals surface area (Å²) in [6.45, 7) is -0.238. The molecule has 0 aromatic heterocycles. The predicted molar refractivity (Wildman–Crippen MR) is 80.4 cm³/mol. The second-order valence-electron chi connectivity index (χ2n) is 5.20. The van der Waals surface area contributed by atoms with Crippen molar-refractivity contribution < 1.29 is 32.3 Å². The molecule has 0 saturated carbocycles. The van der Waals surface area contributed by atoms with Gasteiger partial charge in [0.05, 0.1) is 17.9 Å². The molecule has 2 rings (SSSR count). The van der Waals surface area contributed by atoms with Gasteiger partial charge in [-0.3, -0.25) is 14.4 Å². The van der Waals surface area contributed by atoms with Crippen LogP contribution in [0.4, 0.5) is 24.5 Å². The van der Waals surface area contributed by atoms with E-state index in [9.17, 15) is 27.6 Å². The lowest BCUT2D eigenvalue weighted by Gasteiger charge is -2.29. The second-order valence-corrected chi connectivity index (χ2v) is 5.20. The lowest BCUT2D eigenvalue weighted by Crippen LogP contribution is -2.46. The van der Waals surface area contributed by atoms with Crippen molar-refractivity contribution in [3.8, 4) is 0 Å². The number of halogens is 3. The number of amides is 3. The number of alkyl halides is 3. The van der Waals surface area contributed by atoms with Gasteiger partial charge < -0.3 is 26.4 Å². The van der Waals surface area contributed by atoms with Crippen molar-refractivity contribution in [2.45, 2.75) is 12.2 Å². The van der Waals surface area contributed by atoms with Gasteiger partial charge in [-0.15, -0.1) is 0 Å². The summed E-state index contributed by atoms with van der Waals surface area (Å²) in [4.78, 5) is 35.3. The Hall–Kier alpha value is -2.66. The average Bonchev–Trinajstić information content (AvgIpc) is 2.53. The largest absolute Gasteiger partial charge is 0.418 e. The number of nitrogens with zero attached hydrogens (tertiary/aromatic N) is 1. The van der Waals surface area contributed by atoms with Crippen molar-refractivity contribution in [3.63, 3.8) is 0 Å². The number of carbonyl (C=O) groups excluding carboxylic acids is 3. The average molecular weight is 360 g/mol. The van der Waals surface area contributed by atoms with E-state index in [4.69, 9.17) is 16.2 Å². The number of anilines is 2. The second kappa shape index (κ2) is 7.07. The summed E-state index contributed by atoms with van der Waals surface area (Å²) in [5, 5.41) is 2.08. The Labute approximate surface area is 139 Å². The van der Waals surface area contributed by atoms with Crippen molar-refractivity contribution in [2.24, 2.45) is 11.5 Å².